The second kappa shape index (κ2) is 11.0. The van der Waals surface area contributed by atoms with Crippen molar-refractivity contribution in [2.75, 3.05) is 13.1 Å². The first-order valence-corrected chi connectivity index (χ1v) is 14.3. The van der Waals surface area contributed by atoms with Crippen molar-refractivity contribution < 1.29 is 13.6 Å². The SMILES string of the molecule is Cc1csc(Cn2c(C(C(C)C)N(CCN)C(=O)c3ccc(Br)cc3)nc3c(oc4ccc(F)cc43)c2=O)c1. The number of carbonyl (C=O) groups excluding carboxylic acids is 1. The largest absolute Gasteiger partial charge is 0.448 e. The standard InChI is InChI=1S/C29H28BrFN4O3S/c1-16(2)25(34(11-10-32)28(36)18-4-6-19(30)7-5-18)27-33-24-22-13-20(31)8-9-23(22)38-26(24)29(37)35(27)14-21-12-17(3)15-39-21/h4-9,12-13,15-16,25H,10-11,14,32H2,1-3H3. The second-order valence-electron chi connectivity index (χ2n) is 9.85. The molecule has 1 unspecified atom stereocenters. The van der Waals surface area contributed by atoms with Crippen molar-refractivity contribution in [1.82, 2.24) is 14.5 Å². The van der Waals surface area contributed by atoms with Gasteiger partial charge >= 0.3 is 0 Å². The van der Waals surface area contributed by atoms with Crippen LogP contribution >= 0.6 is 27.3 Å². The van der Waals surface area contributed by atoms with Crippen LogP contribution in [0.5, 0.6) is 0 Å². The Kier molecular flexibility index (Phi) is 7.70. The Hall–Kier alpha value is -3.34. The molecule has 2 aromatic carbocycles. The van der Waals surface area contributed by atoms with Gasteiger partial charge in [0.1, 0.15) is 22.7 Å². The molecule has 10 heteroatoms. The number of furan rings is 1. The molecule has 5 rings (SSSR count). The maximum Gasteiger partial charge on any atom is 0.297 e. The number of aryl methyl sites for hydroxylation is 1. The lowest BCUT2D eigenvalue weighted by Gasteiger charge is -2.35. The highest BCUT2D eigenvalue weighted by Gasteiger charge is 2.33. The lowest BCUT2D eigenvalue weighted by Crippen LogP contribution is -2.43. The molecule has 0 saturated carbocycles. The van der Waals surface area contributed by atoms with Crippen LogP contribution in [0.2, 0.25) is 0 Å². The molecule has 1 atom stereocenters. The third-order valence-electron chi connectivity index (χ3n) is 6.62. The Morgan fingerprint density at radius 2 is 1.95 bits per heavy atom. The zero-order chi connectivity index (χ0) is 27.8. The van der Waals surface area contributed by atoms with E-state index in [1.54, 1.807) is 32.9 Å². The Bertz CT molecular complexity index is 1720. The average molecular weight is 612 g/mol. The lowest BCUT2D eigenvalue weighted by molar-refractivity contribution is 0.0612. The molecule has 0 saturated heterocycles. The number of amides is 1. The van der Waals surface area contributed by atoms with Crippen LogP contribution in [0.3, 0.4) is 0 Å². The fourth-order valence-corrected chi connectivity index (χ4v) is 6.01. The summed E-state index contributed by atoms with van der Waals surface area (Å²) in [6.45, 7) is 6.69. The van der Waals surface area contributed by atoms with Gasteiger partial charge in [0.05, 0.1) is 12.6 Å². The van der Waals surface area contributed by atoms with Crippen molar-refractivity contribution in [3.63, 3.8) is 0 Å². The smallest absolute Gasteiger partial charge is 0.297 e. The van der Waals surface area contributed by atoms with Gasteiger partial charge in [-0.05, 0) is 72.3 Å². The fourth-order valence-electron chi connectivity index (χ4n) is 4.88. The van der Waals surface area contributed by atoms with Crippen LogP contribution in [0.15, 0.2) is 67.6 Å². The highest BCUT2D eigenvalue weighted by atomic mass is 79.9. The third-order valence-corrected chi connectivity index (χ3v) is 8.19. The molecule has 7 nitrogen and oxygen atoms in total. The third kappa shape index (κ3) is 5.28. The molecule has 0 spiro atoms. The number of aromatic nitrogens is 2. The summed E-state index contributed by atoms with van der Waals surface area (Å²) < 4.78 is 22.6. The van der Waals surface area contributed by atoms with E-state index < -0.39 is 11.9 Å². The average Bonchev–Trinajstić information content (AvgIpc) is 3.48. The van der Waals surface area contributed by atoms with Gasteiger partial charge in [-0.2, -0.15) is 0 Å². The van der Waals surface area contributed by atoms with E-state index in [2.05, 4.69) is 15.9 Å². The monoisotopic (exact) mass is 610 g/mol. The quantitative estimate of drug-likeness (QED) is 0.224. The van der Waals surface area contributed by atoms with E-state index >= 15 is 0 Å². The predicted molar refractivity (Wildman–Crippen MR) is 156 cm³/mol. The maximum atomic E-state index is 14.2. The van der Waals surface area contributed by atoms with Gasteiger partial charge in [-0.15, -0.1) is 11.3 Å². The first kappa shape index (κ1) is 27.2. The highest BCUT2D eigenvalue weighted by molar-refractivity contribution is 9.10. The van der Waals surface area contributed by atoms with Crippen molar-refractivity contribution in [1.29, 1.82) is 0 Å². The van der Waals surface area contributed by atoms with Crippen molar-refractivity contribution in [2.45, 2.75) is 33.4 Å². The van der Waals surface area contributed by atoms with Crippen LogP contribution in [-0.2, 0) is 6.54 Å². The molecule has 2 N–H and O–H groups in total. The van der Waals surface area contributed by atoms with Gasteiger partial charge in [0.2, 0.25) is 5.58 Å². The normalized spacial score (nSPS) is 12.5. The van der Waals surface area contributed by atoms with Crippen LogP contribution in [0.1, 0.15) is 46.5 Å². The summed E-state index contributed by atoms with van der Waals surface area (Å²) in [6.07, 6.45) is 0. The summed E-state index contributed by atoms with van der Waals surface area (Å²) in [5.74, 6) is -0.407. The minimum atomic E-state index is -0.596. The molecule has 39 heavy (non-hydrogen) atoms. The summed E-state index contributed by atoms with van der Waals surface area (Å²) in [7, 11) is 0. The molecule has 3 aromatic heterocycles. The molecule has 3 heterocycles. The van der Waals surface area contributed by atoms with Crippen molar-refractivity contribution in [3.8, 4) is 0 Å². The van der Waals surface area contributed by atoms with Gasteiger partial charge in [0.15, 0.2) is 0 Å². The second-order valence-corrected chi connectivity index (χ2v) is 11.8. The molecule has 202 valence electrons. The van der Waals surface area contributed by atoms with E-state index in [9.17, 15) is 14.0 Å². The van der Waals surface area contributed by atoms with E-state index in [1.165, 1.54) is 18.2 Å². The molecule has 0 bridgehead atoms. The number of nitrogens with zero attached hydrogens (tertiary/aromatic N) is 3. The predicted octanol–water partition coefficient (Wildman–Crippen LogP) is 6.26. The summed E-state index contributed by atoms with van der Waals surface area (Å²) >= 11 is 4.96. The van der Waals surface area contributed by atoms with E-state index in [4.69, 9.17) is 15.1 Å². The van der Waals surface area contributed by atoms with Gasteiger partial charge in [-0.25, -0.2) is 9.37 Å². The van der Waals surface area contributed by atoms with Crippen LogP contribution in [0, 0.1) is 18.7 Å². The van der Waals surface area contributed by atoms with Crippen LogP contribution in [0.4, 0.5) is 4.39 Å². The van der Waals surface area contributed by atoms with Crippen LogP contribution in [-0.4, -0.2) is 33.4 Å². The fraction of sp³-hybridized carbons (Fsp3) is 0.276. The number of thiophene rings is 1. The first-order chi connectivity index (χ1) is 18.7. The summed E-state index contributed by atoms with van der Waals surface area (Å²) in [5.41, 5.74) is 7.91. The van der Waals surface area contributed by atoms with E-state index in [1.807, 2.05) is 44.4 Å². The highest BCUT2D eigenvalue weighted by Crippen LogP contribution is 2.33. The van der Waals surface area contributed by atoms with Crippen LogP contribution in [0.25, 0.3) is 22.1 Å². The molecule has 0 aliphatic carbocycles. The number of hydrogen-bond acceptors (Lipinski definition) is 6. The topological polar surface area (TPSA) is 94.4 Å². The number of rotatable bonds is 8. The number of benzene rings is 2. The van der Waals surface area contributed by atoms with Gasteiger partial charge < -0.3 is 15.1 Å². The summed E-state index contributed by atoms with van der Waals surface area (Å²) in [5, 5.41) is 2.43. The van der Waals surface area contributed by atoms with E-state index in [0.717, 1.165) is 14.9 Å². The molecular formula is C29H28BrFN4O3S. The maximum absolute atomic E-state index is 14.2. The number of carbonyl (C=O) groups is 1. The van der Waals surface area contributed by atoms with Gasteiger partial charge in [0, 0.05) is 33.4 Å². The molecule has 5 aromatic rings. The molecule has 0 aliphatic heterocycles. The summed E-state index contributed by atoms with van der Waals surface area (Å²) in [4.78, 5) is 35.5. The molecular weight excluding hydrogens is 583 g/mol. The Morgan fingerprint density at radius 3 is 2.59 bits per heavy atom. The lowest BCUT2D eigenvalue weighted by atomic mass is 9.99. The molecule has 0 radical (unpaired) electrons. The Morgan fingerprint density at radius 1 is 1.21 bits per heavy atom. The minimum absolute atomic E-state index is 0.0553. The van der Waals surface area contributed by atoms with E-state index in [0.29, 0.717) is 22.4 Å². The van der Waals surface area contributed by atoms with Crippen LogP contribution < -0.4 is 11.3 Å². The van der Waals surface area contributed by atoms with Crippen molar-refractivity contribution in [2.24, 2.45) is 11.7 Å². The zero-order valence-corrected chi connectivity index (χ0v) is 24.2. The molecule has 0 aliphatic rings. The Labute approximate surface area is 237 Å². The number of nitrogens with two attached hydrogens (primary N) is 1. The molecule has 0 fully saturated rings. The summed E-state index contributed by atoms with van der Waals surface area (Å²) in [6, 6.07) is 12.6. The minimum Gasteiger partial charge on any atom is -0.448 e. The van der Waals surface area contributed by atoms with Gasteiger partial charge in [-0.1, -0.05) is 29.8 Å². The van der Waals surface area contributed by atoms with E-state index in [-0.39, 0.29) is 48.1 Å². The van der Waals surface area contributed by atoms with Gasteiger partial charge in [-0.3, -0.25) is 14.2 Å². The van der Waals surface area contributed by atoms with Crippen molar-refractivity contribution in [3.05, 3.63) is 96.4 Å². The molecule has 1 amide bonds. The zero-order valence-electron chi connectivity index (χ0n) is 21.8. The van der Waals surface area contributed by atoms with Gasteiger partial charge in [0.25, 0.3) is 11.5 Å². The number of hydrogen-bond donors (Lipinski definition) is 1. The number of fused-ring (bicyclic) bond motifs is 3. The number of halogens is 2. The van der Waals surface area contributed by atoms with Crippen molar-refractivity contribution >= 4 is 55.2 Å². The Balaban J connectivity index is 1.76. The first-order valence-electron chi connectivity index (χ1n) is 12.6.